The van der Waals surface area contributed by atoms with Crippen LogP contribution in [0.2, 0.25) is 0 Å². The van der Waals surface area contributed by atoms with Crippen molar-refractivity contribution in [2.45, 2.75) is 6.04 Å². The average Bonchev–Trinajstić information content (AvgIpc) is 2.39. The summed E-state index contributed by atoms with van der Waals surface area (Å²) in [6.07, 6.45) is 0. The van der Waals surface area contributed by atoms with Gasteiger partial charge in [-0.2, -0.15) is 0 Å². The van der Waals surface area contributed by atoms with Crippen LogP contribution in [0.25, 0.3) is 0 Å². The normalized spacial score (nSPS) is 12.5. The molecule has 2 rings (SSSR count). The summed E-state index contributed by atoms with van der Waals surface area (Å²) in [7, 11) is 0. The first-order valence-corrected chi connectivity index (χ1v) is 7.26. The Balaban J connectivity index is 2.57. The molecule has 0 aliphatic rings. The predicted octanol–water partition coefficient (Wildman–Crippen LogP) is 3.88. The summed E-state index contributed by atoms with van der Waals surface area (Å²) in [4.78, 5) is 0. The van der Waals surface area contributed by atoms with E-state index in [1.807, 2.05) is 18.2 Å². The molecule has 0 aromatic heterocycles. The van der Waals surface area contributed by atoms with Crippen LogP contribution in [0.4, 0.5) is 8.78 Å². The molecule has 0 spiro atoms. The van der Waals surface area contributed by atoms with Gasteiger partial charge in [0.25, 0.3) is 0 Å². The number of nitrogens with two attached hydrogens (primary N) is 1. The maximum atomic E-state index is 14.1. The summed E-state index contributed by atoms with van der Waals surface area (Å²) < 4.78 is 29.2. The summed E-state index contributed by atoms with van der Waals surface area (Å²) >= 11 is 5.19. The van der Waals surface area contributed by atoms with E-state index in [-0.39, 0.29) is 10.0 Å². The highest BCUT2D eigenvalue weighted by Crippen LogP contribution is 2.30. The van der Waals surface area contributed by atoms with Crippen LogP contribution >= 0.6 is 38.5 Å². The van der Waals surface area contributed by atoms with Gasteiger partial charge in [-0.3, -0.25) is 5.84 Å². The molecule has 0 fully saturated rings. The molecule has 0 saturated heterocycles. The molecular formula is C13H10BrF2IN2. The Bertz CT molecular complexity index is 607. The molecule has 2 nitrogen and oxygen atoms in total. The van der Waals surface area contributed by atoms with Gasteiger partial charge < -0.3 is 0 Å². The van der Waals surface area contributed by atoms with Crippen molar-refractivity contribution in [1.29, 1.82) is 0 Å². The minimum absolute atomic E-state index is 0.0983. The summed E-state index contributed by atoms with van der Waals surface area (Å²) in [5.41, 5.74) is 3.07. The molecule has 0 heterocycles. The maximum Gasteiger partial charge on any atom is 0.145 e. The van der Waals surface area contributed by atoms with Gasteiger partial charge in [-0.1, -0.05) is 12.1 Å². The highest BCUT2D eigenvalue weighted by Gasteiger charge is 2.22. The van der Waals surface area contributed by atoms with E-state index in [0.29, 0.717) is 5.56 Å². The molecule has 1 atom stereocenters. The third-order valence-corrected chi connectivity index (χ3v) is 4.00. The first-order valence-electron chi connectivity index (χ1n) is 5.39. The monoisotopic (exact) mass is 438 g/mol. The first kappa shape index (κ1) is 14.8. The third kappa shape index (κ3) is 3.13. The average molecular weight is 439 g/mol. The Morgan fingerprint density at radius 3 is 2.58 bits per heavy atom. The van der Waals surface area contributed by atoms with Crippen LogP contribution in [0.3, 0.4) is 0 Å². The zero-order valence-electron chi connectivity index (χ0n) is 9.63. The van der Waals surface area contributed by atoms with Gasteiger partial charge in [-0.05, 0) is 68.3 Å². The molecule has 2 aromatic rings. The fraction of sp³-hybridized carbons (Fsp3) is 0.0769. The van der Waals surface area contributed by atoms with Gasteiger partial charge in [-0.15, -0.1) is 0 Å². The second kappa shape index (κ2) is 6.25. The van der Waals surface area contributed by atoms with E-state index < -0.39 is 17.7 Å². The van der Waals surface area contributed by atoms with Crippen molar-refractivity contribution >= 4 is 38.5 Å². The van der Waals surface area contributed by atoms with Crippen LogP contribution in [0.15, 0.2) is 40.9 Å². The van der Waals surface area contributed by atoms with Crippen molar-refractivity contribution in [2.75, 3.05) is 0 Å². The van der Waals surface area contributed by atoms with Crippen LogP contribution in [-0.4, -0.2) is 0 Å². The zero-order valence-corrected chi connectivity index (χ0v) is 13.4. The summed E-state index contributed by atoms with van der Waals surface area (Å²) in [5, 5.41) is 0. The number of hydrogen-bond donors (Lipinski definition) is 2. The van der Waals surface area contributed by atoms with Gasteiger partial charge in [-0.25, -0.2) is 14.2 Å². The topological polar surface area (TPSA) is 38.0 Å². The molecule has 19 heavy (non-hydrogen) atoms. The number of hydrazine groups is 1. The molecule has 0 radical (unpaired) electrons. The van der Waals surface area contributed by atoms with Gasteiger partial charge >= 0.3 is 0 Å². The Morgan fingerprint density at radius 2 is 1.95 bits per heavy atom. The largest absolute Gasteiger partial charge is 0.271 e. The minimum Gasteiger partial charge on any atom is -0.271 e. The molecule has 100 valence electrons. The van der Waals surface area contributed by atoms with Crippen molar-refractivity contribution in [3.05, 3.63) is 67.2 Å². The van der Waals surface area contributed by atoms with Crippen LogP contribution in [0.5, 0.6) is 0 Å². The van der Waals surface area contributed by atoms with E-state index in [4.69, 9.17) is 5.84 Å². The van der Waals surface area contributed by atoms with E-state index in [9.17, 15) is 8.78 Å². The second-order valence-electron chi connectivity index (χ2n) is 3.91. The number of benzene rings is 2. The van der Waals surface area contributed by atoms with E-state index in [1.54, 1.807) is 6.07 Å². The van der Waals surface area contributed by atoms with E-state index in [2.05, 4.69) is 43.9 Å². The number of halogens is 4. The molecule has 0 aliphatic heterocycles. The Morgan fingerprint density at radius 1 is 1.21 bits per heavy atom. The molecule has 0 amide bonds. The van der Waals surface area contributed by atoms with Crippen molar-refractivity contribution in [2.24, 2.45) is 5.84 Å². The van der Waals surface area contributed by atoms with Crippen molar-refractivity contribution in [3.8, 4) is 0 Å². The predicted molar refractivity (Wildman–Crippen MR) is 82.4 cm³/mol. The van der Waals surface area contributed by atoms with E-state index in [0.717, 1.165) is 3.57 Å². The van der Waals surface area contributed by atoms with Crippen LogP contribution < -0.4 is 11.3 Å². The van der Waals surface area contributed by atoms with Gasteiger partial charge in [0.1, 0.15) is 11.6 Å². The number of rotatable bonds is 3. The lowest BCUT2D eigenvalue weighted by Gasteiger charge is -2.19. The molecule has 6 heteroatoms. The van der Waals surface area contributed by atoms with E-state index in [1.165, 1.54) is 12.1 Å². The van der Waals surface area contributed by atoms with Gasteiger partial charge in [0.15, 0.2) is 0 Å². The van der Waals surface area contributed by atoms with Gasteiger partial charge in [0.05, 0.1) is 10.5 Å². The zero-order chi connectivity index (χ0) is 14.0. The summed E-state index contributed by atoms with van der Waals surface area (Å²) in [6.45, 7) is 0. The van der Waals surface area contributed by atoms with Crippen molar-refractivity contribution in [1.82, 2.24) is 5.43 Å². The lowest BCUT2D eigenvalue weighted by atomic mass is 9.98. The number of nitrogens with one attached hydrogen (secondary N) is 1. The third-order valence-electron chi connectivity index (χ3n) is 2.72. The Kier molecular flexibility index (Phi) is 4.88. The lowest BCUT2D eigenvalue weighted by molar-refractivity contribution is 0.507. The van der Waals surface area contributed by atoms with Crippen LogP contribution in [-0.2, 0) is 0 Å². The SMILES string of the molecule is NNC(c1cccc(I)c1)c1c(F)ccc(Br)c1F. The first-order chi connectivity index (χ1) is 9.04. The summed E-state index contributed by atoms with van der Waals surface area (Å²) in [6, 6.07) is 9.10. The quantitative estimate of drug-likeness (QED) is 0.330. The van der Waals surface area contributed by atoms with Crippen molar-refractivity contribution in [3.63, 3.8) is 0 Å². The molecule has 0 bridgehead atoms. The molecule has 3 N–H and O–H groups in total. The smallest absolute Gasteiger partial charge is 0.145 e. The van der Waals surface area contributed by atoms with Gasteiger partial charge in [0.2, 0.25) is 0 Å². The highest BCUT2D eigenvalue weighted by molar-refractivity contribution is 14.1. The molecule has 1 unspecified atom stereocenters. The van der Waals surface area contributed by atoms with Crippen LogP contribution in [0, 0.1) is 15.2 Å². The Hall–Kier alpha value is -0.570. The fourth-order valence-electron chi connectivity index (χ4n) is 1.84. The molecule has 0 aliphatic carbocycles. The lowest BCUT2D eigenvalue weighted by Crippen LogP contribution is -2.30. The van der Waals surface area contributed by atoms with Gasteiger partial charge in [0, 0.05) is 9.13 Å². The Labute approximate surface area is 131 Å². The molecular weight excluding hydrogens is 429 g/mol. The molecule has 2 aromatic carbocycles. The summed E-state index contributed by atoms with van der Waals surface area (Å²) in [5.74, 6) is 4.19. The van der Waals surface area contributed by atoms with Crippen molar-refractivity contribution < 1.29 is 8.78 Å². The maximum absolute atomic E-state index is 14.1. The molecule has 0 saturated carbocycles. The minimum atomic E-state index is -0.743. The second-order valence-corrected chi connectivity index (χ2v) is 6.01. The van der Waals surface area contributed by atoms with E-state index >= 15 is 0 Å². The standard InChI is InChI=1S/C13H10BrF2IN2/c14-9-4-5-10(15)11(12(9)16)13(19-18)7-2-1-3-8(17)6-7/h1-6,13,19H,18H2. The van der Waals surface area contributed by atoms with Crippen LogP contribution in [0.1, 0.15) is 17.2 Å². The fourth-order valence-corrected chi connectivity index (χ4v) is 2.75. The highest BCUT2D eigenvalue weighted by atomic mass is 127. The number of hydrogen-bond acceptors (Lipinski definition) is 2.